The van der Waals surface area contributed by atoms with Crippen LogP contribution in [0.15, 0.2) is 18.2 Å². The van der Waals surface area contributed by atoms with E-state index in [4.69, 9.17) is 5.11 Å². The second-order valence-electron chi connectivity index (χ2n) is 4.86. The molecule has 1 amide bonds. The summed E-state index contributed by atoms with van der Waals surface area (Å²) in [4.78, 5) is 25.0. The second kappa shape index (κ2) is 5.38. The van der Waals surface area contributed by atoms with Crippen molar-refractivity contribution in [2.45, 2.75) is 32.2 Å². The SMILES string of the molecule is CC(=O)CC1CCCN1C(=O)c1ccc(O)cc1F. The van der Waals surface area contributed by atoms with Crippen molar-refractivity contribution >= 4 is 11.7 Å². The van der Waals surface area contributed by atoms with Gasteiger partial charge >= 0.3 is 0 Å². The number of rotatable bonds is 3. The number of halogens is 1. The number of hydrogen-bond donors (Lipinski definition) is 1. The molecular weight excluding hydrogens is 249 g/mol. The van der Waals surface area contributed by atoms with E-state index in [1.165, 1.54) is 19.1 Å². The van der Waals surface area contributed by atoms with Gasteiger partial charge < -0.3 is 10.0 Å². The van der Waals surface area contributed by atoms with Crippen LogP contribution in [0.2, 0.25) is 0 Å². The highest BCUT2D eigenvalue weighted by Crippen LogP contribution is 2.24. The van der Waals surface area contributed by atoms with E-state index in [2.05, 4.69) is 0 Å². The molecule has 1 aliphatic heterocycles. The Labute approximate surface area is 110 Å². The Morgan fingerprint density at radius 1 is 1.47 bits per heavy atom. The summed E-state index contributed by atoms with van der Waals surface area (Å²) in [7, 11) is 0. The van der Waals surface area contributed by atoms with E-state index in [-0.39, 0.29) is 23.1 Å². The van der Waals surface area contributed by atoms with Crippen LogP contribution in [0.4, 0.5) is 4.39 Å². The fourth-order valence-electron chi connectivity index (χ4n) is 2.48. The Morgan fingerprint density at radius 3 is 2.84 bits per heavy atom. The van der Waals surface area contributed by atoms with Gasteiger partial charge in [0.05, 0.1) is 5.56 Å². The molecule has 1 aromatic carbocycles. The molecule has 1 N–H and O–H groups in total. The Hall–Kier alpha value is -1.91. The molecule has 102 valence electrons. The van der Waals surface area contributed by atoms with Crippen molar-refractivity contribution in [3.8, 4) is 5.75 Å². The molecule has 0 radical (unpaired) electrons. The first-order valence-electron chi connectivity index (χ1n) is 6.28. The van der Waals surface area contributed by atoms with Crippen LogP contribution in [0.5, 0.6) is 5.75 Å². The molecule has 2 rings (SSSR count). The molecule has 1 fully saturated rings. The number of likely N-dealkylation sites (tertiary alicyclic amines) is 1. The molecule has 1 saturated heterocycles. The van der Waals surface area contributed by atoms with E-state index in [1.54, 1.807) is 4.90 Å². The number of phenolic OH excluding ortho intramolecular Hbond substituents is 1. The third-order valence-electron chi connectivity index (χ3n) is 3.34. The third kappa shape index (κ3) is 2.92. The van der Waals surface area contributed by atoms with Gasteiger partial charge in [0.1, 0.15) is 17.3 Å². The van der Waals surface area contributed by atoms with Gasteiger partial charge in [0.15, 0.2) is 0 Å². The lowest BCUT2D eigenvalue weighted by molar-refractivity contribution is -0.117. The Morgan fingerprint density at radius 2 is 2.21 bits per heavy atom. The van der Waals surface area contributed by atoms with Crippen LogP contribution < -0.4 is 0 Å². The van der Waals surface area contributed by atoms with Gasteiger partial charge in [0.25, 0.3) is 5.91 Å². The minimum absolute atomic E-state index is 0.0240. The normalized spacial score (nSPS) is 18.6. The molecule has 0 aliphatic carbocycles. The fourth-order valence-corrected chi connectivity index (χ4v) is 2.48. The van der Waals surface area contributed by atoms with Gasteiger partial charge in [-0.05, 0) is 31.9 Å². The van der Waals surface area contributed by atoms with E-state index in [0.29, 0.717) is 13.0 Å². The molecule has 1 aliphatic rings. The summed E-state index contributed by atoms with van der Waals surface area (Å²) >= 11 is 0. The van der Waals surface area contributed by atoms with Crippen LogP contribution in [0, 0.1) is 5.82 Å². The van der Waals surface area contributed by atoms with Gasteiger partial charge in [0, 0.05) is 25.1 Å². The number of aromatic hydroxyl groups is 1. The van der Waals surface area contributed by atoms with Crippen LogP contribution in [0.25, 0.3) is 0 Å². The van der Waals surface area contributed by atoms with Gasteiger partial charge in [-0.25, -0.2) is 4.39 Å². The number of carbonyl (C=O) groups is 2. The first-order chi connectivity index (χ1) is 8.99. The maximum Gasteiger partial charge on any atom is 0.257 e. The zero-order valence-electron chi connectivity index (χ0n) is 10.7. The maximum atomic E-state index is 13.7. The summed E-state index contributed by atoms with van der Waals surface area (Å²) in [6.07, 6.45) is 1.90. The number of nitrogens with zero attached hydrogens (tertiary/aromatic N) is 1. The van der Waals surface area contributed by atoms with Crippen molar-refractivity contribution in [2.24, 2.45) is 0 Å². The van der Waals surface area contributed by atoms with Gasteiger partial charge in [-0.2, -0.15) is 0 Å². The van der Waals surface area contributed by atoms with Crippen LogP contribution >= 0.6 is 0 Å². The van der Waals surface area contributed by atoms with Gasteiger partial charge in [-0.1, -0.05) is 0 Å². The number of phenols is 1. The minimum Gasteiger partial charge on any atom is -0.508 e. The van der Waals surface area contributed by atoms with Gasteiger partial charge in [0.2, 0.25) is 0 Å². The summed E-state index contributed by atoms with van der Waals surface area (Å²) in [5, 5.41) is 9.15. The molecule has 1 atom stereocenters. The number of ketones is 1. The lowest BCUT2D eigenvalue weighted by Crippen LogP contribution is -2.37. The highest BCUT2D eigenvalue weighted by atomic mass is 19.1. The Kier molecular flexibility index (Phi) is 3.83. The lowest BCUT2D eigenvalue weighted by atomic mass is 10.1. The van der Waals surface area contributed by atoms with Crippen molar-refractivity contribution < 1.29 is 19.1 Å². The number of hydrogen-bond acceptors (Lipinski definition) is 3. The molecule has 0 aromatic heterocycles. The Bertz CT molecular complexity index is 515. The summed E-state index contributed by atoms with van der Waals surface area (Å²) in [5.41, 5.74) is -0.0618. The summed E-state index contributed by atoms with van der Waals surface area (Å²) in [5.74, 6) is -1.34. The average molecular weight is 265 g/mol. The highest BCUT2D eigenvalue weighted by Gasteiger charge is 2.31. The van der Waals surface area contributed by atoms with Crippen molar-refractivity contribution in [1.29, 1.82) is 0 Å². The smallest absolute Gasteiger partial charge is 0.257 e. The average Bonchev–Trinajstić information content (AvgIpc) is 2.75. The van der Waals surface area contributed by atoms with E-state index in [0.717, 1.165) is 18.9 Å². The van der Waals surface area contributed by atoms with Crippen molar-refractivity contribution in [3.05, 3.63) is 29.6 Å². The summed E-state index contributed by atoms with van der Waals surface area (Å²) in [6.45, 7) is 2.03. The molecule has 1 unspecified atom stereocenters. The summed E-state index contributed by atoms with van der Waals surface area (Å²) < 4.78 is 13.7. The Balaban J connectivity index is 2.20. The van der Waals surface area contributed by atoms with Gasteiger partial charge in [-0.15, -0.1) is 0 Å². The van der Waals surface area contributed by atoms with Crippen LogP contribution in [-0.4, -0.2) is 34.3 Å². The zero-order valence-corrected chi connectivity index (χ0v) is 10.7. The number of carbonyl (C=O) groups excluding carboxylic acids is 2. The first-order valence-corrected chi connectivity index (χ1v) is 6.28. The first kappa shape index (κ1) is 13.5. The van der Waals surface area contributed by atoms with E-state index in [9.17, 15) is 14.0 Å². The molecule has 0 saturated carbocycles. The van der Waals surface area contributed by atoms with Crippen LogP contribution in [0.3, 0.4) is 0 Å². The van der Waals surface area contributed by atoms with E-state index >= 15 is 0 Å². The molecule has 5 heteroatoms. The molecule has 0 spiro atoms. The molecule has 1 aromatic rings. The van der Waals surface area contributed by atoms with Crippen LogP contribution in [-0.2, 0) is 4.79 Å². The standard InChI is InChI=1S/C14H16FNO3/c1-9(17)7-10-3-2-6-16(10)14(19)12-5-4-11(18)8-13(12)15/h4-5,8,10,18H,2-3,6-7H2,1H3. The van der Waals surface area contributed by atoms with Crippen molar-refractivity contribution in [2.75, 3.05) is 6.54 Å². The molecule has 0 bridgehead atoms. The fraction of sp³-hybridized carbons (Fsp3) is 0.429. The predicted molar refractivity (Wildman–Crippen MR) is 67.4 cm³/mol. The van der Waals surface area contributed by atoms with Crippen LogP contribution in [0.1, 0.15) is 36.5 Å². The molecule has 1 heterocycles. The minimum atomic E-state index is -0.738. The van der Waals surface area contributed by atoms with E-state index in [1.807, 2.05) is 0 Å². The van der Waals surface area contributed by atoms with Gasteiger partial charge in [-0.3, -0.25) is 9.59 Å². The number of amides is 1. The quantitative estimate of drug-likeness (QED) is 0.910. The number of benzene rings is 1. The molecular formula is C14H16FNO3. The largest absolute Gasteiger partial charge is 0.508 e. The third-order valence-corrected chi connectivity index (χ3v) is 3.34. The summed E-state index contributed by atoms with van der Waals surface area (Å²) in [6, 6.07) is 3.34. The zero-order chi connectivity index (χ0) is 14.0. The highest BCUT2D eigenvalue weighted by molar-refractivity contribution is 5.95. The monoisotopic (exact) mass is 265 g/mol. The number of Topliss-reactive ketones (excluding diaryl/α,β-unsaturated/α-hetero) is 1. The predicted octanol–water partition coefficient (Wildman–Crippen LogP) is 2.12. The van der Waals surface area contributed by atoms with E-state index < -0.39 is 11.7 Å². The molecule has 4 nitrogen and oxygen atoms in total. The second-order valence-corrected chi connectivity index (χ2v) is 4.86. The van der Waals surface area contributed by atoms with Crippen molar-refractivity contribution in [3.63, 3.8) is 0 Å². The topological polar surface area (TPSA) is 57.6 Å². The maximum absolute atomic E-state index is 13.7. The lowest BCUT2D eigenvalue weighted by Gasteiger charge is -2.24. The molecule has 19 heavy (non-hydrogen) atoms. The van der Waals surface area contributed by atoms with Crippen molar-refractivity contribution in [1.82, 2.24) is 4.90 Å².